The van der Waals surface area contributed by atoms with Crippen molar-refractivity contribution in [1.82, 2.24) is 9.88 Å². The average Bonchev–Trinajstić information content (AvgIpc) is 2.77. The number of aliphatic carboxylic acids is 1. The van der Waals surface area contributed by atoms with Crippen LogP contribution in [0.1, 0.15) is 29.7 Å². The van der Waals surface area contributed by atoms with E-state index in [-0.39, 0.29) is 12.2 Å². The van der Waals surface area contributed by atoms with Gasteiger partial charge in [0.15, 0.2) is 0 Å². The molecule has 0 radical (unpaired) electrons. The third-order valence-electron chi connectivity index (χ3n) is 5.44. The van der Waals surface area contributed by atoms with Gasteiger partial charge in [0.2, 0.25) is 0 Å². The second-order valence-electron chi connectivity index (χ2n) is 7.77. The lowest BCUT2D eigenvalue weighted by Gasteiger charge is -2.28. The topological polar surface area (TPSA) is 62.7 Å². The monoisotopic (exact) mass is 420 g/mol. The molecular formula is C25H25FN2O3. The van der Waals surface area contributed by atoms with Crippen LogP contribution in [0.25, 0.3) is 11.3 Å². The predicted molar refractivity (Wildman–Crippen MR) is 116 cm³/mol. The average molecular weight is 420 g/mol. The van der Waals surface area contributed by atoms with E-state index in [0.29, 0.717) is 13.0 Å². The first kappa shape index (κ1) is 21.0. The predicted octanol–water partition coefficient (Wildman–Crippen LogP) is 4.69. The summed E-state index contributed by atoms with van der Waals surface area (Å²) in [5.41, 5.74) is 5.05. The van der Waals surface area contributed by atoms with Gasteiger partial charge < -0.3 is 9.84 Å². The molecule has 6 heteroatoms. The van der Waals surface area contributed by atoms with Gasteiger partial charge in [-0.2, -0.15) is 0 Å². The van der Waals surface area contributed by atoms with Crippen LogP contribution in [0.15, 0.2) is 60.7 Å². The molecule has 1 aliphatic heterocycles. The largest absolute Gasteiger partial charge is 0.489 e. The Morgan fingerprint density at radius 2 is 1.97 bits per heavy atom. The van der Waals surface area contributed by atoms with E-state index in [1.807, 2.05) is 36.4 Å². The van der Waals surface area contributed by atoms with Crippen molar-refractivity contribution < 1.29 is 19.0 Å². The van der Waals surface area contributed by atoms with Crippen LogP contribution in [-0.2, 0) is 24.4 Å². The highest BCUT2D eigenvalue weighted by atomic mass is 19.1. The first-order valence-corrected chi connectivity index (χ1v) is 10.5. The molecular weight excluding hydrogens is 395 g/mol. The van der Waals surface area contributed by atoms with Crippen LogP contribution in [0.2, 0.25) is 0 Å². The molecule has 0 unspecified atom stereocenters. The molecule has 0 bridgehead atoms. The highest BCUT2D eigenvalue weighted by Gasteiger charge is 2.18. The summed E-state index contributed by atoms with van der Waals surface area (Å²) >= 11 is 0. The van der Waals surface area contributed by atoms with Gasteiger partial charge in [0.25, 0.3) is 0 Å². The molecule has 0 spiro atoms. The van der Waals surface area contributed by atoms with E-state index in [9.17, 15) is 9.18 Å². The quantitative estimate of drug-likeness (QED) is 0.573. The summed E-state index contributed by atoms with van der Waals surface area (Å²) in [6.45, 7) is 2.83. The minimum Gasteiger partial charge on any atom is -0.489 e. The molecule has 0 saturated carbocycles. The SMILES string of the molecule is O=C(O)CCCN1CCc2nc(-c3ccc(OCc4cccc(F)c4)cc3)ccc2C1. The third kappa shape index (κ3) is 5.67. The molecule has 0 fully saturated rings. The maximum absolute atomic E-state index is 13.3. The Morgan fingerprint density at radius 1 is 1.13 bits per heavy atom. The van der Waals surface area contributed by atoms with Gasteiger partial charge >= 0.3 is 5.97 Å². The number of nitrogens with zero attached hydrogens (tertiary/aromatic N) is 2. The summed E-state index contributed by atoms with van der Waals surface area (Å²) in [6, 6.07) is 18.3. The van der Waals surface area contributed by atoms with Crippen molar-refractivity contribution in [3.8, 4) is 17.0 Å². The molecule has 5 nitrogen and oxygen atoms in total. The van der Waals surface area contributed by atoms with Crippen molar-refractivity contribution in [3.63, 3.8) is 0 Å². The van der Waals surface area contributed by atoms with Gasteiger partial charge in [-0.05, 0) is 66.6 Å². The Kier molecular flexibility index (Phi) is 6.57. The summed E-state index contributed by atoms with van der Waals surface area (Å²) in [5.74, 6) is -0.282. The van der Waals surface area contributed by atoms with Crippen molar-refractivity contribution in [1.29, 1.82) is 0 Å². The van der Waals surface area contributed by atoms with E-state index in [0.717, 1.165) is 54.3 Å². The van der Waals surface area contributed by atoms with E-state index < -0.39 is 5.97 Å². The first-order chi connectivity index (χ1) is 15.1. The second kappa shape index (κ2) is 9.71. The molecule has 0 saturated heterocycles. The van der Waals surface area contributed by atoms with Crippen LogP contribution in [0.5, 0.6) is 5.75 Å². The number of fused-ring (bicyclic) bond motifs is 1. The number of carboxylic acid groups (broad SMARTS) is 1. The number of benzene rings is 2. The van der Waals surface area contributed by atoms with Gasteiger partial charge in [0.05, 0.1) is 5.69 Å². The third-order valence-corrected chi connectivity index (χ3v) is 5.44. The number of carbonyl (C=O) groups is 1. The van der Waals surface area contributed by atoms with Crippen molar-refractivity contribution in [2.24, 2.45) is 0 Å². The molecule has 0 amide bonds. The minimum absolute atomic E-state index is 0.211. The maximum atomic E-state index is 13.3. The molecule has 31 heavy (non-hydrogen) atoms. The number of aromatic nitrogens is 1. The fourth-order valence-electron chi connectivity index (χ4n) is 3.80. The Morgan fingerprint density at radius 3 is 2.74 bits per heavy atom. The number of ether oxygens (including phenoxy) is 1. The normalized spacial score (nSPS) is 13.6. The van der Waals surface area contributed by atoms with Crippen LogP contribution in [0.3, 0.4) is 0 Å². The van der Waals surface area contributed by atoms with Crippen molar-refractivity contribution in [3.05, 3.63) is 83.3 Å². The number of pyridine rings is 1. The van der Waals surface area contributed by atoms with Crippen LogP contribution in [0.4, 0.5) is 4.39 Å². The number of carboxylic acids is 1. The van der Waals surface area contributed by atoms with Crippen molar-refractivity contribution in [2.75, 3.05) is 13.1 Å². The molecule has 1 aromatic heterocycles. The molecule has 4 rings (SSSR count). The van der Waals surface area contributed by atoms with Crippen LogP contribution < -0.4 is 4.74 Å². The van der Waals surface area contributed by atoms with Crippen molar-refractivity contribution >= 4 is 5.97 Å². The number of halogens is 1. The van der Waals surface area contributed by atoms with E-state index in [1.54, 1.807) is 6.07 Å². The summed E-state index contributed by atoms with van der Waals surface area (Å²) in [7, 11) is 0. The van der Waals surface area contributed by atoms with E-state index >= 15 is 0 Å². The fourth-order valence-corrected chi connectivity index (χ4v) is 3.80. The summed E-state index contributed by atoms with van der Waals surface area (Å²) in [4.78, 5) is 17.8. The zero-order chi connectivity index (χ0) is 21.6. The second-order valence-corrected chi connectivity index (χ2v) is 7.77. The molecule has 1 aliphatic rings. The molecule has 2 aromatic carbocycles. The lowest BCUT2D eigenvalue weighted by molar-refractivity contribution is -0.137. The van der Waals surface area contributed by atoms with Crippen molar-refractivity contribution in [2.45, 2.75) is 32.4 Å². The minimum atomic E-state index is -0.742. The molecule has 2 heterocycles. The zero-order valence-electron chi connectivity index (χ0n) is 17.3. The molecule has 0 atom stereocenters. The van der Waals surface area contributed by atoms with Gasteiger partial charge in [-0.1, -0.05) is 18.2 Å². The van der Waals surface area contributed by atoms with Gasteiger partial charge in [-0.25, -0.2) is 4.39 Å². The number of hydrogen-bond acceptors (Lipinski definition) is 4. The maximum Gasteiger partial charge on any atom is 0.303 e. The Hall–Kier alpha value is -3.25. The summed E-state index contributed by atoms with van der Waals surface area (Å²) < 4.78 is 19.0. The van der Waals surface area contributed by atoms with Crippen LogP contribution in [0, 0.1) is 5.82 Å². The van der Waals surface area contributed by atoms with Gasteiger partial charge in [-0.3, -0.25) is 14.7 Å². The molecule has 3 aromatic rings. The Balaban J connectivity index is 1.36. The Labute approximate surface area is 181 Å². The first-order valence-electron chi connectivity index (χ1n) is 10.5. The highest BCUT2D eigenvalue weighted by Crippen LogP contribution is 2.25. The zero-order valence-corrected chi connectivity index (χ0v) is 17.3. The molecule has 0 aliphatic carbocycles. The summed E-state index contributed by atoms with van der Waals surface area (Å²) in [5, 5.41) is 8.80. The molecule has 1 N–H and O–H groups in total. The molecule has 160 valence electrons. The van der Waals surface area contributed by atoms with E-state index in [2.05, 4.69) is 11.0 Å². The lowest BCUT2D eigenvalue weighted by Crippen LogP contribution is -2.32. The summed E-state index contributed by atoms with van der Waals surface area (Å²) in [6.07, 6.45) is 1.75. The van der Waals surface area contributed by atoms with E-state index in [4.69, 9.17) is 14.8 Å². The standard InChI is InChI=1S/C25H25FN2O3/c26-21-4-1-3-18(15-21)17-31-22-9-6-19(7-10-22)23-11-8-20-16-28(13-2-5-25(29)30)14-12-24(20)27-23/h1,3-4,6-11,15H,2,5,12-14,16-17H2,(H,29,30). The fraction of sp³-hybridized carbons (Fsp3) is 0.280. The van der Waals surface area contributed by atoms with Crippen LogP contribution in [-0.4, -0.2) is 34.0 Å². The van der Waals surface area contributed by atoms with Gasteiger partial charge in [0.1, 0.15) is 18.2 Å². The Bertz CT molecular complexity index is 1050. The smallest absolute Gasteiger partial charge is 0.303 e. The number of rotatable bonds is 8. The van der Waals surface area contributed by atoms with Crippen LogP contribution >= 0.6 is 0 Å². The highest BCUT2D eigenvalue weighted by molar-refractivity contribution is 5.66. The lowest BCUT2D eigenvalue weighted by atomic mass is 10.0. The number of hydrogen-bond donors (Lipinski definition) is 1. The van der Waals surface area contributed by atoms with Gasteiger partial charge in [-0.15, -0.1) is 0 Å². The van der Waals surface area contributed by atoms with Gasteiger partial charge in [0, 0.05) is 37.2 Å². The van der Waals surface area contributed by atoms with E-state index in [1.165, 1.54) is 17.7 Å².